The van der Waals surface area contributed by atoms with Gasteiger partial charge in [-0.1, -0.05) is 0 Å². The maximum Gasteiger partial charge on any atom is 0.237 e. The number of carbonyl (C=O) groups excluding carboxylic acids is 1. The van der Waals surface area contributed by atoms with Gasteiger partial charge in [-0.2, -0.15) is 4.31 Å². The average Bonchev–Trinajstić information content (AvgIpc) is 3.09. The summed E-state index contributed by atoms with van der Waals surface area (Å²) in [7, 11) is -1.90. The lowest BCUT2D eigenvalue weighted by Gasteiger charge is -2.32. The normalized spacial score (nSPS) is 19.3. The van der Waals surface area contributed by atoms with E-state index in [4.69, 9.17) is 0 Å². The average molecular weight is 341 g/mol. The van der Waals surface area contributed by atoms with Crippen LogP contribution in [0.2, 0.25) is 0 Å². The number of sulfonamides is 1. The molecule has 0 unspecified atom stereocenters. The monoisotopic (exact) mass is 341 g/mol. The molecule has 0 N–H and O–H groups in total. The highest BCUT2D eigenvalue weighted by molar-refractivity contribution is 7.88. The van der Waals surface area contributed by atoms with Crippen molar-refractivity contribution >= 4 is 15.9 Å². The van der Waals surface area contributed by atoms with Gasteiger partial charge in [0.05, 0.1) is 12.8 Å². The van der Waals surface area contributed by atoms with E-state index in [-0.39, 0.29) is 12.5 Å². The molecule has 23 heavy (non-hydrogen) atoms. The molecule has 128 valence electrons. The molecule has 1 aromatic heterocycles. The Balaban J connectivity index is 1.57. The van der Waals surface area contributed by atoms with Gasteiger partial charge in [0, 0.05) is 39.0 Å². The van der Waals surface area contributed by atoms with Crippen LogP contribution >= 0.6 is 0 Å². The molecule has 0 bridgehead atoms. The van der Waals surface area contributed by atoms with Gasteiger partial charge in [0.25, 0.3) is 0 Å². The van der Waals surface area contributed by atoms with Crippen molar-refractivity contribution in [2.45, 2.75) is 38.1 Å². The maximum absolute atomic E-state index is 12.2. The Kier molecular flexibility index (Phi) is 4.41. The number of likely N-dealkylation sites (tertiary alicyclic amines) is 1. The summed E-state index contributed by atoms with van der Waals surface area (Å²) in [6.45, 7) is 2.19. The Morgan fingerprint density at radius 1 is 1.26 bits per heavy atom. The third-order valence-electron chi connectivity index (χ3n) is 4.78. The highest BCUT2D eigenvalue weighted by Crippen LogP contribution is 2.29. The lowest BCUT2D eigenvalue weighted by Crippen LogP contribution is -2.44. The summed E-state index contributed by atoms with van der Waals surface area (Å²) < 4.78 is 26.1. The third kappa shape index (κ3) is 3.40. The molecule has 0 radical (unpaired) electrons. The smallest absolute Gasteiger partial charge is 0.237 e. The molecule has 2 aliphatic heterocycles. The fourth-order valence-corrected chi connectivity index (χ4v) is 3.61. The van der Waals surface area contributed by atoms with E-state index in [1.165, 1.54) is 7.05 Å². The Labute approximate surface area is 136 Å². The van der Waals surface area contributed by atoms with Crippen molar-refractivity contribution in [3.63, 3.8) is 0 Å². The number of piperidine rings is 1. The summed E-state index contributed by atoms with van der Waals surface area (Å²) in [4.78, 5) is 14.0. The second kappa shape index (κ2) is 6.20. The van der Waals surface area contributed by atoms with Crippen LogP contribution in [0.5, 0.6) is 0 Å². The number of likely N-dealkylation sites (N-methyl/N-ethyl adjacent to an activating group) is 1. The molecule has 8 nitrogen and oxygen atoms in total. The Morgan fingerprint density at radius 2 is 1.96 bits per heavy atom. The minimum atomic E-state index is -3.33. The number of amides is 1. The molecule has 0 saturated carbocycles. The van der Waals surface area contributed by atoms with Crippen molar-refractivity contribution in [1.82, 2.24) is 24.0 Å². The highest BCUT2D eigenvalue weighted by Gasteiger charge is 2.30. The van der Waals surface area contributed by atoms with E-state index in [0.29, 0.717) is 19.0 Å². The van der Waals surface area contributed by atoms with Crippen molar-refractivity contribution < 1.29 is 13.2 Å². The summed E-state index contributed by atoms with van der Waals surface area (Å²) in [6, 6.07) is 0. The molecule has 0 atom stereocenters. The van der Waals surface area contributed by atoms with Gasteiger partial charge < -0.3 is 9.47 Å². The molecule has 2 aliphatic rings. The summed E-state index contributed by atoms with van der Waals surface area (Å²) in [5, 5.41) is 8.59. The molecule has 1 fully saturated rings. The lowest BCUT2D eigenvalue weighted by atomic mass is 9.96. The fourth-order valence-electron chi connectivity index (χ4n) is 3.27. The first-order chi connectivity index (χ1) is 10.9. The zero-order valence-electron chi connectivity index (χ0n) is 13.6. The van der Waals surface area contributed by atoms with E-state index in [1.807, 2.05) is 0 Å². The Bertz CT molecular complexity index is 691. The number of carbonyl (C=O) groups is 1. The van der Waals surface area contributed by atoms with E-state index < -0.39 is 10.0 Å². The molecule has 1 amide bonds. The van der Waals surface area contributed by atoms with Crippen molar-refractivity contribution in [2.24, 2.45) is 0 Å². The summed E-state index contributed by atoms with van der Waals surface area (Å²) in [5.41, 5.74) is 0. The summed E-state index contributed by atoms with van der Waals surface area (Å²) in [6.07, 6.45) is 4.95. The molecule has 1 saturated heterocycles. The van der Waals surface area contributed by atoms with Crippen molar-refractivity contribution in [1.29, 1.82) is 0 Å². The second-order valence-electron chi connectivity index (χ2n) is 6.40. The molecular weight excluding hydrogens is 318 g/mol. The minimum absolute atomic E-state index is 0.0934. The molecule has 3 rings (SSSR count). The number of hydrogen-bond donors (Lipinski definition) is 0. The zero-order chi connectivity index (χ0) is 16.6. The second-order valence-corrected chi connectivity index (χ2v) is 8.49. The lowest BCUT2D eigenvalue weighted by molar-refractivity contribution is -0.132. The molecule has 1 aromatic rings. The van der Waals surface area contributed by atoms with Gasteiger partial charge in [-0.25, -0.2) is 8.42 Å². The number of aryl methyl sites for hydroxylation is 1. The van der Waals surface area contributed by atoms with Crippen LogP contribution in [0.3, 0.4) is 0 Å². The largest absolute Gasteiger partial charge is 0.342 e. The first-order valence-electron chi connectivity index (χ1n) is 7.97. The van der Waals surface area contributed by atoms with Crippen molar-refractivity contribution in [3.05, 3.63) is 11.6 Å². The van der Waals surface area contributed by atoms with Crippen LogP contribution in [0, 0.1) is 0 Å². The van der Waals surface area contributed by atoms with Crippen molar-refractivity contribution in [3.8, 4) is 0 Å². The van der Waals surface area contributed by atoms with Gasteiger partial charge in [-0.05, 0) is 19.3 Å². The Hall–Kier alpha value is -1.48. The summed E-state index contributed by atoms with van der Waals surface area (Å²) in [5.74, 6) is 2.33. The topological polar surface area (TPSA) is 88.4 Å². The van der Waals surface area contributed by atoms with Crippen LogP contribution in [0.15, 0.2) is 0 Å². The van der Waals surface area contributed by atoms with E-state index in [2.05, 4.69) is 14.8 Å². The van der Waals surface area contributed by atoms with Gasteiger partial charge in [0.1, 0.15) is 11.6 Å². The van der Waals surface area contributed by atoms with Crippen LogP contribution < -0.4 is 0 Å². The predicted molar refractivity (Wildman–Crippen MR) is 84.4 cm³/mol. The number of fused-ring (bicyclic) bond motifs is 1. The van der Waals surface area contributed by atoms with Gasteiger partial charge in [-0.15, -0.1) is 10.2 Å². The molecular formula is C14H23N5O3S. The maximum atomic E-state index is 12.2. The standard InChI is InChI=1S/C14H23N5O3S/c1-17(23(2,21)22)10-13(20)18-8-5-11(6-9-18)14-16-15-12-4-3-7-19(12)14/h11H,3-10H2,1-2H3. The molecule has 0 aromatic carbocycles. The van der Waals surface area contributed by atoms with Crippen LogP contribution in [0.4, 0.5) is 0 Å². The molecule has 0 aliphatic carbocycles. The zero-order valence-corrected chi connectivity index (χ0v) is 14.4. The van der Waals surface area contributed by atoms with Crippen LogP contribution in [0.1, 0.15) is 36.8 Å². The highest BCUT2D eigenvalue weighted by atomic mass is 32.2. The number of nitrogens with zero attached hydrogens (tertiary/aromatic N) is 5. The SMILES string of the molecule is CN(CC(=O)N1CCC(c2nnc3n2CCC3)CC1)S(C)(=O)=O. The van der Waals surface area contributed by atoms with Gasteiger partial charge in [0.2, 0.25) is 15.9 Å². The number of hydrogen-bond acceptors (Lipinski definition) is 5. The molecule has 0 spiro atoms. The summed E-state index contributed by atoms with van der Waals surface area (Å²) >= 11 is 0. The minimum Gasteiger partial charge on any atom is -0.342 e. The van der Waals surface area contributed by atoms with E-state index in [9.17, 15) is 13.2 Å². The van der Waals surface area contributed by atoms with Gasteiger partial charge in [0.15, 0.2) is 0 Å². The molecule has 9 heteroatoms. The predicted octanol–water partition coefficient (Wildman–Crippen LogP) is -0.178. The van der Waals surface area contributed by atoms with Crippen LogP contribution in [-0.2, 0) is 27.8 Å². The van der Waals surface area contributed by atoms with E-state index >= 15 is 0 Å². The fraction of sp³-hybridized carbons (Fsp3) is 0.786. The number of aromatic nitrogens is 3. The van der Waals surface area contributed by atoms with Gasteiger partial charge in [-0.3, -0.25) is 4.79 Å². The quantitative estimate of drug-likeness (QED) is 0.758. The van der Waals surface area contributed by atoms with Gasteiger partial charge >= 0.3 is 0 Å². The molecule has 3 heterocycles. The van der Waals surface area contributed by atoms with Crippen LogP contribution in [0.25, 0.3) is 0 Å². The van der Waals surface area contributed by atoms with E-state index in [1.54, 1.807) is 4.90 Å². The Morgan fingerprint density at radius 3 is 2.61 bits per heavy atom. The number of rotatable bonds is 4. The first kappa shape index (κ1) is 16.4. The van der Waals surface area contributed by atoms with Crippen molar-refractivity contribution in [2.75, 3.05) is 32.9 Å². The van der Waals surface area contributed by atoms with E-state index in [0.717, 1.165) is 54.4 Å². The first-order valence-corrected chi connectivity index (χ1v) is 9.82. The van der Waals surface area contributed by atoms with Crippen LogP contribution in [-0.4, -0.2) is 71.2 Å². The third-order valence-corrected chi connectivity index (χ3v) is 6.04.